The minimum Gasteiger partial charge on any atom is -0.0811 e. The third kappa shape index (κ3) is 1.31. The number of allylic oxidation sites excluding steroid dienone is 4. The molecule has 0 N–H and O–H groups in total. The van der Waals surface area contributed by atoms with Crippen LogP contribution in [-0.4, -0.2) is 0 Å². The van der Waals surface area contributed by atoms with Gasteiger partial charge in [0.1, 0.15) is 0 Å². The smallest absolute Gasteiger partial charge is 0.0145 e. The first-order valence-electron chi connectivity index (χ1n) is 4.10. The van der Waals surface area contributed by atoms with Crippen molar-refractivity contribution in [2.45, 2.75) is 27.2 Å². The molecule has 0 fully saturated rings. The summed E-state index contributed by atoms with van der Waals surface area (Å²) in [5.74, 6) is 1.54. The molecule has 10 heavy (non-hydrogen) atoms. The Kier molecular flexibility index (Phi) is 2.31. The fourth-order valence-electron chi connectivity index (χ4n) is 1.75. The molecule has 2 atom stereocenters. The van der Waals surface area contributed by atoms with Gasteiger partial charge >= 0.3 is 0 Å². The minimum absolute atomic E-state index is 0.745. The Balaban J connectivity index is 2.71. The van der Waals surface area contributed by atoms with E-state index in [9.17, 15) is 0 Å². The van der Waals surface area contributed by atoms with Crippen molar-refractivity contribution in [1.29, 1.82) is 0 Å². The van der Waals surface area contributed by atoms with Crippen molar-refractivity contribution in [3.8, 4) is 0 Å². The van der Waals surface area contributed by atoms with E-state index in [0.29, 0.717) is 0 Å². The normalized spacial score (nSPS) is 32.1. The molecule has 0 heteroatoms. The van der Waals surface area contributed by atoms with Gasteiger partial charge in [0, 0.05) is 0 Å². The maximum atomic E-state index is 2.29. The lowest BCUT2D eigenvalue weighted by Gasteiger charge is -2.23. The SMILES string of the molecule is CCC1C(C)=CC=CC1C. The molecule has 0 bridgehead atoms. The molecule has 0 radical (unpaired) electrons. The van der Waals surface area contributed by atoms with Crippen molar-refractivity contribution in [3.63, 3.8) is 0 Å². The van der Waals surface area contributed by atoms with E-state index >= 15 is 0 Å². The molecule has 1 rings (SSSR count). The Labute approximate surface area is 63.6 Å². The molecule has 0 aromatic heterocycles. The maximum Gasteiger partial charge on any atom is -0.0145 e. The van der Waals surface area contributed by atoms with Crippen LogP contribution in [0.4, 0.5) is 0 Å². The van der Waals surface area contributed by atoms with Crippen molar-refractivity contribution in [2.24, 2.45) is 11.8 Å². The van der Waals surface area contributed by atoms with Crippen molar-refractivity contribution < 1.29 is 0 Å². The summed E-state index contributed by atoms with van der Waals surface area (Å²) < 4.78 is 0. The standard InChI is InChI=1S/C10H16/c1-4-10-8(2)6-5-7-9(10)3/h5-8,10H,4H2,1-3H3. The minimum atomic E-state index is 0.745. The van der Waals surface area contributed by atoms with E-state index in [2.05, 4.69) is 39.0 Å². The summed E-state index contributed by atoms with van der Waals surface area (Å²) >= 11 is 0. The van der Waals surface area contributed by atoms with E-state index in [1.165, 1.54) is 12.0 Å². The molecular weight excluding hydrogens is 120 g/mol. The maximum absolute atomic E-state index is 2.29. The largest absolute Gasteiger partial charge is 0.0811 e. The number of hydrogen-bond donors (Lipinski definition) is 0. The molecule has 0 heterocycles. The monoisotopic (exact) mass is 136 g/mol. The molecule has 1 aliphatic carbocycles. The van der Waals surface area contributed by atoms with E-state index < -0.39 is 0 Å². The van der Waals surface area contributed by atoms with Crippen LogP contribution in [0.15, 0.2) is 23.8 Å². The lowest BCUT2D eigenvalue weighted by molar-refractivity contribution is 0.465. The molecule has 0 amide bonds. The lowest BCUT2D eigenvalue weighted by atomic mass is 9.82. The van der Waals surface area contributed by atoms with Crippen molar-refractivity contribution in [3.05, 3.63) is 23.8 Å². The fraction of sp³-hybridized carbons (Fsp3) is 0.600. The van der Waals surface area contributed by atoms with Crippen LogP contribution in [-0.2, 0) is 0 Å². The summed E-state index contributed by atoms with van der Waals surface area (Å²) in [6.07, 6.45) is 7.97. The average Bonchev–Trinajstić information content (AvgIpc) is 1.88. The molecular formula is C10H16. The van der Waals surface area contributed by atoms with Crippen molar-refractivity contribution in [2.75, 3.05) is 0 Å². The van der Waals surface area contributed by atoms with E-state index in [4.69, 9.17) is 0 Å². The van der Waals surface area contributed by atoms with Gasteiger partial charge in [0.2, 0.25) is 0 Å². The predicted molar refractivity (Wildman–Crippen MR) is 45.8 cm³/mol. The Morgan fingerprint density at radius 1 is 1.50 bits per heavy atom. The molecule has 2 unspecified atom stereocenters. The first-order valence-corrected chi connectivity index (χ1v) is 4.10. The highest BCUT2D eigenvalue weighted by Crippen LogP contribution is 2.27. The van der Waals surface area contributed by atoms with Crippen LogP contribution in [0.1, 0.15) is 27.2 Å². The van der Waals surface area contributed by atoms with Gasteiger partial charge in [-0.15, -0.1) is 0 Å². The van der Waals surface area contributed by atoms with E-state index in [0.717, 1.165) is 11.8 Å². The molecule has 0 aromatic carbocycles. The topological polar surface area (TPSA) is 0 Å². The molecule has 0 saturated heterocycles. The van der Waals surface area contributed by atoms with Gasteiger partial charge in [-0.1, -0.05) is 37.6 Å². The fourth-order valence-corrected chi connectivity index (χ4v) is 1.75. The Hall–Kier alpha value is -0.520. The highest BCUT2D eigenvalue weighted by Gasteiger charge is 2.15. The summed E-state index contributed by atoms with van der Waals surface area (Å²) in [7, 11) is 0. The van der Waals surface area contributed by atoms with Crippen molar-refractivity contribution >= 4 is 0 Å². The summed E-state index contributed by atoms with van der Waals surface area (Å²) in [5.41, 5.74) is 1.54. The van der Waals surface area contributed by atoms with E-state index in [-0.39, 0.29) is 0 Å². The van der Waals surface area contributed by atoms with Crippen molar-refractivity contribution in [1.82, 2.24) is 0 Å². The summed E-state index contributed by atoms with van der Waals surface area (Å²) in [6.45, 7) is 6.78. The first kappa shape index (κ1) is 7.59. The van der Waals surface area contributed by atoms with E-state index in [1.807, 2.05) is 0 Å². The summed E-state index contributed by atoms with van der Waals surface area (Å²) in [6, 6.07) is 0. The Morgan fingerprint density at radius 3 is 2.60 bits per heavy atom. The molecule has 0 aliphatic heterocycles. The highest BCUT2D eigenvalue weighted by atomic mass is 14.2. The van der Waals surface area contributed by atoms with Crippen LogP contribution >= 0.6 is 0 Å². The lowest BCUT2D eigenvalue weighted by Crippen LogP contribution is -2.12. The van der Waals surface area contributed by atoms with Gasteiger partial charge in [0.05, 0.1) is 0 Å². The Morgan fingerprint density at radius 2 is 2.20 bits per heavy atom. The zero-order chi connectivity index (χ0) is 7.56. The predicted octanol–water partition coefficient (Wildman–Crippen LogP) is 3.16. The molecule has 56 valence electrons. The van der Waals surface area contributed by atoms with Gasteiger partial charge < -0.3 is 0 Å². The Bertz CT molecular complexity index is 163. The second-order valence-corrected chi connectivity index (χ2v) is 3.17. The van der Waals surface area contributed by atoms with Gasteiger partial charge in [-0.05, 0) is 25.2 Å². The van der Waals surface area contributed by atoms with Crippen LogP contribution in [0.2, 0.25) is 0 Å². The van der Waals surface area contributed by atoms with Gasteiger partial charge in [-0.2, -0.15) is 0 Å². The third-order valence-corrected chi connectivity index (χ3v) is 2.43. The van der Waals surface area contributed by atoms with Crippen LogP contribution in [0.3, 0.4) is 0 Å². The van der Waals surface area contributed by atoms with Crippen LogP contribution in [0, 0.1) is 11.8 Å². The van der Waals surface area contributed by atoms with Crippen LogP contribution < -0.4 is 0 Å². The van der Waals surface area contributed by atoms with Gasteiger partial charge in [0.25, 0.3) is 0 Å². The zero-order valence-corrected chi connectivity index (χ0v) is 7.09. The molecule has 0 spiro atoms. The second kappa shape index (κ2) is 3.05. The van der Waals surface area contributed by atoms with Gasteiger partial charge in [0.15, 0.2) is 0 Å². The summed E-state index contributed by atoms with van der Waals surface area (Å²) in [5, 5.41) is 0. The van der Waals surface area contributed by atoms with Crippen LogP contribution in [0.25, 0.3) is 0 Å². The second-order valence-electron chi connectivity index (χ2n) is 3.17. The van der Waals surface area contributed by atoms with Gasteiger partial charge in [-0.3, -0.25) is 0 Å². The van der Waals surface area contributed by atoms with Gasteiger partial charge in [-0.25, -0.2) is 0 Å². The number of rotatable bonds is 1. The van der Waals surface area contributed by atoms with Crippen LogP contribution in [0.5, 0.6) is 0 Å². The summed E-state index contributed by atoms with van der Waals surface area (Å²) in [4.78, 5) is 0. The quantitative estimate of drug-likeness (QED) is 0.519. The van der Waals surface area contributed by atoms with E-state index in [1.54, 1.807) is 0 Å². The zero-order valence-electron chi connectivity index (χ0n) is 7.09. The molecule has 1 aliphatic rings. The molecule has 0 aromatic rings. The first-order chi connectivity index (χ1) is 4.75. The third-order valence-electron chi connectivity index (χ3n) is 2.43. The number of hydrogen-bond acceptors (Lipinski definition) is 0. The molecule has 0 saturated carbocycles. The highest BCUT2D eigenvalue weighted by molar-refractivity contribution is 5.20. The average molecular weight is 136 g/mol. The molecule has 0 nitrogen and oxygen atoms in total.